The zero-order valence-electron chi connectivity index (χ0n) is 10.0. The molecule has 0 fully saturated rings. The molecule has 82 valence electrons. The second-order valence-electron chi connectivity index (χ2n) is 5.26. The van der Waals surface area contributed by atoms with Gasteiger partial charge < -0.3 is 10.7 Å². The Kier molecular flexibility index (Phi) is 3.40. The average Bonchev–Trinajstić information content (AvgIpc) is 2.07. The summed E-state index contributed by atoms with van der Waals surface area (Å²) in [6, 6.07) is 0. The molecule has 3 nitrogen and oxygen atoms in total. The zero-order valence-corrected chi connectivity index (χ0v) is 10.0. The summed E-state index contributed by atoms with van der Waals surface area (Å²) in [4.78, 5) is 0. The number of amidine groups is 1. The van der Waals surface area contributed by atoms with E-state index in [9.17, 15) is 0 Å². The first-order valence-electron chi connectivity index (χ1n) is 5.48. The predicted octanol–water partition coefficient (Wildman–Crippen LogP) is 1.81. The van der Waals surface area contributed by atoms with Crippen LogP contribution in [-0.4, -0.2) is 18.9 Å². The molecule has 0 bridgehead atoms. The monoisotopic (exact) mass is 197 g/mol. The van der Waals surface area contributed by atoms with E-state index < -0.39 is 0 Å². The molecule has 3 heteroatoms. The molecule has 0 saturated carbocycles. The molecule has 0 radical (unpaired) electrons. The van der Waals surface area contributed by atoms with Gasteiger partial charge in [-0.05, 0) is 11.3 Å². The van der Waals surface area contributed by atoms with Crippen molar-refractivity contribution in [2.24, 2.45) is 22.4 Å². The normalized spacial score (nSPS) is 30.7. The van der Waals surface area contributed by atoms with E-state index in [2.05, 4.69) is 50.5 Å². The highest BCUT2D eigenvalue weighted by Gasteiger charge is 2.27. The van der Waals surface area contributed by atoms with Crippen molar-refractivity contribution in [3.8, 4) is 0 Å². The lowest BCUT2D eigenvalue weighted by molar-refractivity contribution is 0.220. The lowest BCUT2D eigenvalue weighted by Crippen LogP contribution is -2.45. The molecule has 14 heavy (non-hydrogen) atoms. The Labute approximate surface area is 87.3 Å². The van der Waals surface area contributed by atoms with E-state index in [-0.39, 0.29) is 0 Å². The number of hydrazone groups is 1. The minimum Gasteiger partial charge on any atom is -0.371 e. The molecule has 1 atom stereocenters. The van der Waals surface area contributed by atoms with Crippen LogP contribution < -0.4 is 10.7 Å². The van der Waals surface area contributed by atoms with Gasteiger partial charge in [0.1, 0.15) is 5.84 Å². The van der Waals surface area contributed by atoms with Crippen LogP contribution in [-0.2, 0) is 0 Å². The average molecular weight is 197 g/mol. The molecule has 1 aliphatic rings. The van der Waals surface area contributed by atoms with Crippen molar-refractivity contribution in [2.75, 3.05) is 13.1 Å². The highest BCUT2D eigenvalue weighted by Crippen LogP contribution is 2.25. The third-order valence-electron chi connectivity index (χ3n) is 3.20. The van der Waals surface area contributed by atoms with Crippen LogP contribution in [0.3, 0.4) is 0 Å². The Morgan fingerprint density at radius 2 is 2.07 bits per heavy atom. The molecule has 0 aromatic heterocycles. The Morgan fingerprint density at radius 1 is 1.43 bits per heavy atom. The van der Waals surface area contributed by atoms with E-state index in [0.717, 1.165) is 18.9 Å². The van der Waals surface area contributed by atoms with Crippen molar-refractivity contribution in [3.63, 3.8) is 0 Å². The third kappa shape index (κ3) is 2.63. The first kappa shape index (κ1) is 11.3. The highest BCUT2D eigenvalue weighted by atomic mass is 15.3. The van der Waals surface area contributed by atoms with Crippen LogP contribution >= 0.6 is 0 Å². The molecule has 0 aromatic rings. The van der Waals surface area contributed by atoms with Crippen molar-refractivity contribution in [1.29, 1.82) is 0 Å². The van der Waals surface area contributed by atoms with Crippen LogP contribution in [0.5, 0.6) is 0 Å². The van der Waals surface area contributed by atoms with Gasteiger partial charge in [0.25, 0.3) is 0 Å². The lowest BCUT2D eigenvalue weighted by atomic mass is 9.79. The molecule has 2 N–H and O–H groups in total. The molecule has 1 aliphatic heterocycles. The van der Waals surface area contributed by atoms with Crippen LogP contribution in [0, 0.1) is 17.3 Å². The minimum absolute atomic E-state index is 0.322. The summed E-state index contributed by atoms with van der Waals surface area (Å²) in [5, 5.41) is 7.78. The number of rotatable bonds is 1. The topological polar surface area (TPSA) is 36.4 Å². The summed E-state index contributed by atoms with van der Waals surface area (Å²) >= 11 is 0. The first-order valence-corrected chi connectivity index (χ1v) is 5.48. The van der Waals surface area contributed by atoms with Crippen molar-refractivity contribution in [2.45, 2.75) is 34.6 Å². The number of nitrogens with zero attached hydrogens (tertiary/aromatic N) is 1. The van der Waals surface area contributed by atoms with Gasteiger partial charge in [0.05, 0.1) is 0 Å². The quantitative estimate of drug-likeness (QED) is 0.672. The predicted molar refractivity (Wildman–Crippen MR) is 61.2 cm³/mol. The Hall–Kier alpha value is -0.730. The van der Waals surface area contributed by atoms with E-state index in [0.29, 0.717) is 17.3 Å². The fraction of sp³-hybridized carbons (Fsp3) is 0.909. The van der Waals surface area contributed by atoms with Crippen LogP contribution in [0.4, 0.5) is 0 Å². The van der Waals surface area contributed by atoms with E-state index in [1.165, 1.54) is 0 Å². The highest BCUT2D eigenvalue weighted by molar-refractivity contribution is 5.83. The molecule has 0 aliphatic carbocycles. The summed E-state index contributed by atoms with van der Waals surface area (Å²) in [6.07, 6.45) is 0. The first-order chi connectivity index (χ1) is 6.43. The molecular formula is C11H23N3. The van der Waals surface area contributed by atoms with Crippen LogP contribution in [0.2, 0.25) is 0 Å². The van der Waals surface area contributed by atoms with Gasteiger partial charge in [-0.25, -0.2) is 0 Å². The molecule has 1 rings (SSSR count). The summed E-state index contributed by atoms with van der Waals surface area (Å²) in [6.45, 7) is 13.2. The fourth-order valence-corrected chi connectivity index (χ4v) is 1.41. The maximum absolute atomic E-state index is 4.35. The van der Waals surface area contributed by atoms with Crippen molar-refractivity contribution in [3.05, 3.63) is 0 Å². The van der Waals surface area contributed by atoms with Crippen LogP contribution in [0.25, 0.3) is 0 Å². The van der Waals surface area contributed by atoms with Crippen molar-refractivity contribution < 1.29 is 0 Å². The maximum atomic E-state index is 4.35. The summed E-state index contributed by atoms with van der Waals surface area (Å²) in [5.74, 6) is 2.17. The zero-order chi connectivity index (χ0) is 10.8. The molecule has 0 amide bonds. The van der Waals surface area contributed by atoms with Crippen molar-refractivity contribution in [1.82, 2.24) is 10.7 Å². The Bertz CT molecular complexity index is 219. The van der Waals surface area contributed by atoms with Crippen LogP contribution in [0.1, 0.15) is 34.6 Å². The van der Waals surface area contributed by atoms with E-state index in [1.54, 1.807) is 0 Å². The van der Waals surface area contributed by atoms with E-state index >= 15 is 0 Å². The summed E-state index contributed by atoms with van der Waals surface area (Å²) in [5.41, 5.74) is 3.47. The molecular weight excluding hydrogens is 174 g/mol. The summed E-state index contributed by atoms with van der Waals surface area (Å²) in [7, 11) is 0. The van der Waals surface area contributed by atoms with Crippen LogP contribution in [0.15, 0.2) is 5.10 Å². The molecule has 0 saturated heterocycles. The van der Waals surface area contributed by atoms with Gasteiger partial charge in [-0.2, -0.15) is 5.10 Å². The standard InChI is InChI=1S/C11H23N3/c1-8(2)10-12-7-11(4,5)9(3)6-13-14-10/h8-9,13H,6-7H2,1-5H3,(H,12,14). The second-order valence-corrected chi connectivity index (χ2v) is 5.26. The molecule has 1 unspecified atom stereocenters. The molecule has 1 heterocycles. The van der Waals surface area contributed by atoms with E-state index in [4.69, 9.17) is 0 Å². The number of nitrogens with one attached hydrogen (secondary N) is 2. The van der Waals surface area contributed by atoms with Gasteiger partial charge in [0, 0.05) is 19.0 Å². The molecule has 0 aromatic carbocycles. The van der Waals surface area contributed by atoms with Gasteiger partial charge in [-0.1, -0.05) is 34.6 Å². The summed E-state index contributed by atoms with van der Waals surface area (Å²) < 4.78 is 0. The smallest absolute Gasteiger partial charge is 0.124 e. The van der Waals surface area contributed by atoms with Gasteiger partial charge in [-0.15, -0.1) is 0 Å². The molecule has 0 spiro atoms. The van der Waals surface area contributed by atoms with E-state index in [1.807, 2.05) is 0 Å². The lowest BCUT2D eigenvalue weighted by Gasteiger charge is -2.34. The largest absolute Gasteiger partial charge is 0.371 e. The van der Waals surface area contributed by atoms with Gasteiger partial charge in [0.2, 0.25) is 0 Å². The number of hydrogen-bond acceptors (Lipinski definition) is 3. The van der Waals surface area contributed by atoms with Gasteiger partial charge >= 0.3 is 0 Å². The fourth-order valence-electron chi connectivity index (χ4n) is 1.41. The van der Waals surface area contributed by atoms with Crippen molar-refractivity contribution >= 4 is 5.84 Å². The Morgan fingerprint density at radius 3 is 2.64 bits per heavy atom. The van der Waals surface area contributed by atoms with Gasteiger partial charge in [0.15, 0.2) is 0 Å². The second kappa shape index (κ2) is 4.20. The van der Waals surface area contributed by atoms with Gasteiger partial charge in [-0.3, -0.25) is 0 Å². The maximum Gasteiger partial charge on any atom is 0.124 e. The minimum atomic E-state index is 0.322. The third-order valence-corrected chi connectivity index (χ3v) is 3.20. The SMILES string of the molecule is CC(C)/C1=N/NCC(C)C(C)(C)CN1. The number of hydrogen-bond donors (Lipinski definition) is 2. The Balaban J connectivity index is 2.69.